The third kappa shape index (κ3) is 3.21. The topological polar surface area (TPSA) is 75.8 Å². The predicted octanol–water partition coefficient (Wildman–Crippen LogP) is 1.47. The molecule has 0 unspecified atom stereocenters. The van der Waals surface area contributed by atoms with Gasteiger partial charge in [-0.1, -0.05) is 30.3 Å². The highest BCUT2D eigenvalue weighted by molar-refractivity contribution is 5.99. The summed E-state index contributed by atoms with van der Waals surface area (Å²) < 4.78 is 5.81. The van der Waals surface area contributed by atoms with E-state index in [4.69, 9.17) is 15.6 Å². The van der Waals surface area contributed by atoms with Crippen molar-refractivity contribution in [1.29, 1.82) is 0 Å². The molecule has 0 radical (unpaired) electrons. The molecule has 0 bridgehead atoms. The van der Waals surface area contributed by atoms with Gasteiger partial charge in [-0.2, -0.15) is 0 Å². The lowest BCUT2D eigenvalue weighted by Gasteiger charge is -2.20. The molecule has 5 nitrogen and oxygen atoms in total. The second-order valence-electron chi connectivity index (χ2n) is 5.55. The Morgan fingerprint density at radius 1 is 1.22 bits per heavy atom. The van der Waals surface area contributed by atoms with E-state index in [1.807, 2.05) is 48.5 Å². The molecule has 3 rings (SSSR count). The Morgan fingerprint density at radius 2 is 2.00 bits per heavy atom. The minimum absolute atomic E-state index is 0.243. The molecular weight excluding hydrogens is 292 g/mol. The summed E-state index contributed by atoms with van der Waals surface area (Å²) in [7, 11) is 0. The summed E-state index contributed by atoms with van der Waals surface area (Å²) >= 11 is 0. The maximum Gasteiger partial charge on any atom is 0.246 e. The number of benzene rings is 2. The lowest BCUT2D eigenvalue weighted by molar-refractivity contribution is -0.120. The quantitative estimate of drug-likeness (QED) is 0.877. The van der Waals surface area contributed by atoms with Crippen molar-refractivity contribution in [2.75, 3.05) is 18.1 Å². The number of hydrogen-bond acceptors (Lipinski definition) is 4. The third-order valence-electron chi connectivity index (χ3n) is 4.04. The summed E-state index contributed by atoms with van der Waals surface area (Å²) in [6.45, 7) is 0.701. The van der Waals surface area contributed by atoms with E-state index in [1.165, 1.54) is 0 Å². The number of ether oxygens (including phenoxy) is 1. The molecule has 2 aromatic carbocycles. The summed E-state index contributed by atoms with van der Waals surface area (Å²) in [4.78, 5) is 13.9. The number of amides is 1. The number of para-hydroxylation sites is 1. The Morgan fingerprint density at radius 3 is 2.74 bits per heavy atom. The summed E-state index contributed by atoms with van der Waals surface area (Å²) in [5.41, 5.74) is 8.71. The number of carbonyl (C=O) groups excluding carboxylic acids is 1. The van der Waals surface area contributed by atoms with Crippen molar-refractivity contribution in [3.63, 3.8) is 0 Å². The van der Waals surface area contributed by atoms with Gasteiger partial charge in [0.25, 0.3) is 0 Å². The number of aliphatic hydroxyl groups excluding tert-OH is 1. The minimum atomic E-state index is -0.870. The van der Waals surface area contributed by atoms with Crippen LogP contribution in [0.15, 0.2) is 48.5 Å². The Labute approximate surface area is 135 Å². The Balaban J connectivity index is 1.78. The van der Waals surface area contributed by atoms with E-state index in [1.54, 1.807) is 4.90 Å². The molecule has 1 aliphatic rings. The van der Waals surface area contributed by atoms with E-state index in [9.17, 15) is 4.79 Å². The van der Waals surface area contributed by atoms with Crippen LogP contribution in [0.1, 0.15) is 11.1 Å². The Bertz CT molecular complexity index is 688. The van der Waals surface area contributed by atoms with E-state index in [0.29, 0.717) is 13.2 Å². The molecule has 0 saturated heterocycles. The number of rotatable bonds is 5. The summed E-state index contributed by atoms with van der Waals surface area (Å²) in [5, 5.41) is 9.09. The number of aliphatic hydroxyl groups is 1. The van der Waals surface area contributed by atoms with Gasteiger partial charge in [-0.25, -0.2) is 0 Å². The zero-order valence-corrected chi connectivity index (χ0v) is 12.8. The summed E-state index contributed by atoms with van der Waals surface area (Å²) in [5.74, 6) is 0.575. The Hall–Kier alpha value is -2.37. The third-order valence-corrected chi connectivity index (χ3v) is 4.04. The molecule has 0 saturated carbocycles. The molecule has 5 heteroatoms. The number of carbonyl (C=O) groups is 1. The summed E-state index contributed by atoms with van der Waals surface area (Å²) in [6, 6.07) is 14.6. The number of hydrogen-bond donors (Lipinski definition) is 2. The van der Waals surface area contributed by atoms with Crippen LogP contribution in [-0.4, -0.2) is 30.2 Å². The van der Waals surface area contributed by atoms with E-state index in [2.05, 4.69) is 0 Å². The molecule has 1 amide bonds. The van der Waals surface area contributed by atoms with E-state index >= 15 is 0 Å². The van der Waals surface area contributed by atoms with Gasteiger partial charge in [-0.05, 0) is 35.7 Å². The molecule has 1 aliphatic heterocycles. The van der Waals surface area contributed by atoms with Crippen molar-refractivity contribution in [1.82, 2.24) is 0 Å². The number of anilines is 1. The van der Waals surface area contributed by atoms with Crippen molar-refractivity contribution in [2.24, 2.45) is 5.73 Å². The first kappa shape index (κ1) is 15.5. The second-order valence-corrected chi connectivity index (χ2v) is 5.55. The number of nitrogens with zero attached hydrogens (tertiary/aromatic N) is 1. The van der Waals surface area contributed by atoms with Crippen LogP contribution in [0.25, 0.3) is 0 Å². The van der Waals surface area contributed by atoms with Gasteiger partial charge in [0, 0.05) is 12.2 Å². The molecular formula is C18H20N2O3. The van der Waals surface area contributed by atoms with Crippen LogP contribution in [0.4, 0.5) is 5.69 Å². The fourth-order valence-corrected chi connectivity index (χ4v) is 2.83. The summed E-state index contributed by atoms with van der Waals surface area (Å²) in [6.07, 6.45) is 0.771. The predicted molar refractivity (Wildman–Crippen MR) is 88.3 cm³/mol. The average Bonchev–Trinajstić information content (AvgIpc) is 3.04. The van der Waals surface area contributed by atoms with E-state index in [-0.39, 0.29) is 12.5 Å². The minimum Gasteiger partial charge on any atom is -0.489 e. The fourth-order valence-electron chi connectivity index (χ4n) is 2.83. The lowest BCUT2D eigenvalue weighted by atomic mass is 10.1. The maximum atomic E-state index is 12.2. The molecule has 0 fully saturated rings. The van der Waals surface area contributed by atoms with Crippen molar-refractivity contribution in [3.8, 4) is 5.75 Å². The molecule has 3 N–H and O–H groups in total. The smallest absolute Gasteiger partial charge is 0.246 e. The van der Waals surface area contributed by atoms with Crippen molar-refractivity contribution in [3.05, 3.63) is 59.7 Å². The van der Waals surface area contributed by atoms with Crippen molar-refractivity contribution < 1.29 is 14.6 Å². The monoisotopic (exact) mass is 312 g/mol. The van der Waals surface area contributed by atoms with Gasteiger partial charge >= 0.3 is 0 Å². The average molecular weight is 312 g/mol. The standard InChI is InChI=1S/C18H20N2O3/c19-16(11-21)18(22)20-10-9-15-13(5-4-8-17(15)20)12-23-14-6-2-1-3-7-14/h1-8,16,21H,9-12,19H2/t16-/m1/s1. The van der Waals surface area contributed by atoms with Gasteiger partial charge in [-0.15, -0.1) is 0 Å². The molecule has 23 heavy (non-hydrogen) atoms. The molecule has 0 spiro atoms. The van der Waals surface area contributed by atoms with Crippen molar-refractivity contribution in [2.45, 2.75) is 19.1 Å². The molecule has 2 aromatic rings. The van der Waals surface area contributed by atoms with Gasteiger partial charge < -0.3 is 20.5 Å². The van der Waals surface area contributed by atoms with Gasteiger partial charge in [0.05, 0.1) is 6.61 Å². The van der Waals surface area contributed by atoms with Crippen LogP contribution in [-0.2, 0) is 17.8 Å². The van der Waals surface area contributed by atoms with E-state index in [0.717, 1.165) is 29.0 Å². The highest BCUT2D eigenvalue weighted by Gasteiger charge is 2.29. The second kappa shape index (κ2) is 6.81. The number of nitrogens with two attached hydrogens (primary N) is 1. The first-order valence-corrected chi connectivity index (χ1v) is 7.67. The van der Waals surface area contributed by atoms with Crippen LogP contribution in [0.2, 0.25) is 0 Å². The fraction of sp³-hybridized carbons (Fsp3) is 0.278. The van der Waals surface area contributed by atoms with Gasteiger partial charge in [0.2, 0.25) is 5.91 Å². The molecule has 1 atom stereocenters. The number of fused-ring (bicyclic) bond motifs is 1. The molecule has 1 heterocycles. The first-order chi connectivity index (χ1) is 11.2. The van der Waals surface area contributed by atoms with E-state index < -0.39 is 6.04 Å². The zero-order chi connectivity index (χ0) is 16.2. The highest BCUT2D eigenvalue weighted by Crippen LogP contribution is 2.31. The van der Waals surface area contributed by atoms with Crippen LogP contribution >= 0.6 is 0 Å². The first-order valence-electron chi connectivity index (χ1n) is 7.67. The zero-order valence-electron chi connectivity index (χ0n) is 12.8. The SMILES string of the molecule is N[C@H](CO)C(=O)N1CCc2c(COc3ccccc3)cccc21. The van der Waals surface area contributed by atoms with Gasteiger partial charge in [0.15, 0.2) is 0 Å². The van der Waals surface area contributed by atoms with Gasteiger partial charge in [-0.3, -0.25) is 4.79 Å². The molecule has 0 aliphatic carbocycles. The Kier molecular flexibility index (Phi) is 4.60. The maximum absolute atomic E-state index is 12.2. The van der Waals surface area contributed by atoms with Crippen molar-refractivity contribution >= 4 is 11.6 Å². The van der Waals surface area contributed by atoms with Crippen LogP contribution < -0.4 is 15.4 Å². The molecule has 120 valence electrons. The van der Waals surface area contributed by atoms with Crippen LogP contribution in [0, 0.1) is 0 Å². The highest BCUT2D eigenvalue weighted by atomic mass is 16.5. The molecule has 0 aromatic heterocycles. The van der Waals surface area contributed by atoms with Gasteiger partial charge in [0.1, 0.15) is 18.4 Å². The van der Waals surface area contributed by atoms with Crippen LogP contribution in [0.5, 0.6) is 5.75 Å². The van der Waals surface area contributed by atoms with Crippen LogP contribution in [0.3, 0.4) is 0 Å². The largest absolute Gasteiger partial charge is 0.489 e. The lowest BCUT2D eigenvalue weighted by Crippen LogP contribution is -2.45. The normalized spacial score (nSPS) is 14.4.